The number of benzene rings is 2. The van der Waals surface area contributed by atoms with Crippen LogP contribution in [0.4, 0.5) is 10.5 Å². The van der Waals surface area contributed by atoms with Crippen LogP contribution in [0.5, 0.6) is 0 Å². The molecule has 30 heavy (non-hydrogen) atoms. The molecule has 1 unspecified atom stereocenters. The van der Waals surface area contributed by atoms with Crippen molar-refractivity contribution in [3.63, 3.8) is 0 Å². The van der Waals surface area contributed by atoms with Crippen LogP contribution < -0.4 is 5.32 Å². The molecule has 2 aromatic rings. The van der Waals surface area contributed by atoms with Crippen LogP contribution in [-0.2, 0) is 19.1 Å². The third-order valence-electron chi connectivity index (χ3n) is 5.17. The number of nitrogens with zero attached hydrogens (tertiary/aromatic N) is 1. The summed E-state index contributed by atoms with van der Waals surface area (Å²) in [5.41, 5.74) is 4.34. The van der Waals surface area contributed by atoms with E-state index in [-0.39, 0.29) is 32.8 Å². The quantitative estimate of drug-likeness (QED) is 0.561. The molecule has 3 amide bonds. The Morgan fingerprint density at radius 3 is 2.47 bits per heavy atom. The SMILES string of the molecule is O=C(CCN1C(=O)C=CC1=O)Nc1ccc2c(c1)C(COC(=O)O)c1ccccc1-2.[HH]. The molecular formula is C22H20N2O6. The van der Waals surface area contributed by atoms with E-state index in [9.17, 15) is 19.2 Å². The van der Waals surface area contributed by atoms with Gasteiger partial charge in [-0.1, -0.05) is 30.3 Å². The lowest BCUT2D eigenvalue weighted by atomic mass is 9.97. The number of hydrogen-bond acceptors (Lipinski definition) is 5. The van der Waals surface area contributed by atoms with Crippen LogP contribution in [0.25, 0.3) is 11.1 Å². The van der Waals surface area contributed by atoms with Gasteiger partial charge in [0.05, 0.1) is 0 Å². The van der Waals surface area contributed by atoms with Crippen LogP contribution in [0.1, 0.15) is 24.9 Å². The largest absolute Gasteiger partial charge is 0.505 e. The van der Waals surface area contributed by atoms with Crippen molar-refractivity contribution in [1.82, 2.24) is 4.90 Å². The fraction of sp³-hybridized carbons (Fsp3) is 0.182. The van der Waals surface area contributed by atoms with Gasteiger partial charge in [-0.05, 0) is 34.4 Å². The molecule has 2 N–H and O–H groups in total. The normalized spacial score (nSPS) is 16.4. The van der Waals surface area contributed by atoms with Crippen LogP contribution in [0.3, 0.4) is 0 Å². The van der Waals surface area contributed by atoms with Crippen LogP contribution in [0, 0.1) is 0 Å². The second-order valence-electron chi connectivity index (χ2n) is 6.98. The van der Waals surface area contributed by atoms with Gasteiger partial charge in [-0.2, -0.15) is 0 Å². The summed E-state index contributed by atoms with van der Waals surface area (Å²) in [5.74, 6) is -1.46. The van der Waals surface area contributed by atoms with E-state index in [0.717, 1.165) is 27.2 Å². The highest BCUT2D eigenvalue weighted by Gasteiger charge is 2.30. The van der Waals surface area contributed by atoms with Crippen molar-refractivity contribution in [3.05, 3.63) is 65.7 Å². The highest BCUT2D eigenvalue weighted by atomic mass is 16.7. The number of carboxylic acid groups (broad SMARTS) is 1. The minimum absolute atomic E-state index is 0. The molecule has 0 aromatic heterocycles. The number of carbonyl (C=O) groups excluding carboxylic acids is 3. The predicted octanol–water partition coefficient (Wildman–Crippen LogP) is 2.99. The van der Waals surface area contributed by atoms with Crippen molar-refractivity contribution in [2.45, 2.75) is 12.3 Å². The first kappa shape index (κ1) is 19.4. The number of rotatable bonds is 6. The van der Waals surface area contributed by atoms with Gasteiger partial charge in [0.25, 0.3) is 11.8 Å². The van der Waals surface area contributed by atoms with Gasteiger partial charge in [0, 0.05) is 38.1 Å². The Morgan fingerprint density at radius 2 is 1.73 bits per heavy atom. The topological polar surface area (TPSA) is 113 Å². The summed E-state index contributed by atoms with van der Waals surface area (Å²) in [7, 11) is 0. The average molecular weight is 408 g/mol. The van der Waals surface area contributed by atoms with E-state index >= 15 is 0 Å². The molecule has 0 saturated carbocycles. The van der Waals surface area contributed by atoms with Gasteiger partial charge in [0.1, 0.15) is 6.61 Å². The zero-order valence-electron chi connectivity index (χ0n) is 15.8. The van der Waals surface area contributed by atoms with E-state index in [4.69, 9.17) is 9.84 Å². The van der Waals surface area contributed by atoms with E-state index in [2.05, 4.69) is 5.32 Å². The summed E-state index contributed by atoms with van der Waals surface area (Å²) < 4.78 is 4.83. The van der Waals surface area contributed by atoms with Crippen LogP contribution in [-0.4, -0.2) is 47.0 Å². The molecule has 4 rings (SSSR count). The monoisotopic (exact) mass is 408 g/mol. The molecule has 1 atom stereocenters. The van der Waals surface area contributed by atoms with Gasteiger partial charge in [-0.25, -0.2) is 4.79 Å². The van der Waals surface area contributed by atoms with Gasteiger partial charge in [0.15, 0.2) is 0 Å². The molecule has 154 valence electrons. The number of hydrogen-bond donors (Lipinski definition) is 2. The summed E-state index contributed by atoms with van der Waals surface area (Å²) in [4.78, 5) is 47.4. The standard InChI is InChI=1S/C22H18N2O6.H2/c25-19(9-10-24-20(26)7-8-21(24)27)23-13-5-6-16-14-3-1-2-4-15(14)18(17(16)11-13)12-30-22(28)29;/h1-8,11,18H,9-10,12H2,(H,23,25)(H,28,29);1H. The van der Waals surface area contributed by atoms with Crippen molar-refractivity contribution in [1.29, 1.82) is 0 Å². The average Bonchev–Trinajstić information content (AvgIpc) is 3.21. The molecule has 2 aliphatic rings. The summed E-state index contributed by atoms with van der Waals surface area (Å²) in [6.07, 6.45) is 0.989. The Kier molecular flexibility index (Phi) is 5.05. The number of fused-ring (bicyclic) bond motifs is 3. The molecule has 8 nitrogen and oxygen atoms in total. The van der Waals surface area contributed by atoms with Crippen LogP contribution in [0.15, 0.2) is 54.6 Å². The number of ether oxygens (including phenoxy) is 1. The summed E-state index contributed by atoms with van der Waals surface area (Å²) in [5, 5.41) is 11.7. The molecule has 8 heteroatoms. The molecule has 0 bridgehead atoms. The first-order chi connectivity index (χ1) is 14.4. The highest BCUT2D eigenvalue weighted by molar-refractivity contribution is 6.13. The van der Waals surface area contributed by atoms with E-state index in [1.54, 1.807) is 12.1 Å². The molecule has 1 aliphatic heterocycles. The molecule has 0 saturated heterocycles. The molecule has 1 aliphatic carbocycles. The molecule has 0 fully saturated rings. The second kappa shape index (κ2) is 7.82. The third kappa shape index (κ3) is 3.67. The first-order valence-electron chi connectivity index (χ1n) is 9.36. The van der Waals surface area contributed by atoms with E-state index in [0.29, 0.717) is 5.69 Å². The Labute approximate surface area is 173 Å². The molecule has 0 spiro atoms. The van der Waals surface area contributed by atoms with E-state index in [1.807, 2.05) is 30.3 Å². The lowest BCUT2D eigenvalue weighted by Crippen LogP contribution is -2.33. The molecule has 2 aromatic carbocycles. The lowest BCUT2D eigenvalue weighted by molar-refractivity contribution is -0.137. The van der Waals surface area contributed by atoms with Crippen molar-refractivity contribution in [2.75, 3.05) is 18.5 Å². The van der Waals surface area contributed by atoms with Gasteiger partial charge in [-0.3, -0.25) is 19.3 Å². The molecule has 0 radical (unpaired) electrons. The van der Waals surface area contributed by atoms with Crippen molar-refractivity contribution in [2.24, 2.45) is 0 Å². The number of anilines is 1. The van der Waals surface area contributed by atoms with Crippen molar-refractivity contribution < 1.29 is 30.4 Å². The zero-order chi connectivity index (χ0) is 21.3. The van der Waals surface area contributed by atoms with Crippen molar-refractivity contribution >= 4 is 29.6 Å². The van der Waals surface area contributed by atoms with Gasteiger partial charge >= 0.3 is 6.16 Å². The lowest BCUT2D eigenvalue weighted by Gasteiger charge is -2.15. The summed E-state index contributed by atoms with van der Waals surface area (Å²) in [6, 6.07) is 13.1. The van der Waals surface area contributed by atoms with Crippen molar-refractivity contribution in [3.8, 4) is 11.1 Å². The minimum atomic E-state index is -1.34. The smallest absolute Gasteiger partial charge is 0.450 e. The van der Waals surface area contributed by atoms with E-state index < -0.39 is 18.0 Å². The number of imide groups is 1. The Morgan fingerprint density at radius 1 is 1.03 bits per heavy atom. The molecular weight excluding hydrogens is 388 g/mol. The number of nitrogens with one attached hydrogen (secondary N) is 1. The fourth-order valence-corrected chi connectivity index (χ4v) is 3.81. The Bertz CT molecular complexity index is 1080. The number of amides is 3. The first-order valence-corrected chi connectivity index (χ1v) is 9.36. The maximum atomic E-state index is 12.3. The summed E-state index contributed by atoms with van der Waals surface area (Å²) >= 11 is 0. The maximum absolute atomic E-state index is 12.3. The molecule has 1 heterocycles. The summed E-state index contributed by atoms with van der Waals surface area (Å²) in [6.45, 7) is -0.0229. The Hall–Kier alpha value is -3.94. The van der Waals surface area contributed by atoms with Gasteiger partial charge in [0.2, 0.25) is 5.91 Å². The highest BCUT2D eigenvalue weighted by Crippen LogP contribution is 2.45. The maximum Gasteiger partial charge on any atom is 0.505 e. The third-order valence-corrected chi connectivity index (χ3v) is 5.17. The number of carbonyl (C=O) groups is 4. The Balaban J connectivity index is 0.00000272. The zero-order valence-corrected chi connectivity index (χ0v) is 15.8. The van der Waals surface area contributed by atoms with E-state index in [1.165, 1.54) is 12.2 Å². The van der Waals surface area contributed by atoms with Crippen LogP contribution >= 0.6 is 0 Å². The minimum Gasteiger partial charge on any atom is -0.450 e. The second-order valence-corrected chi connectivity index (χ2v) is 6.98. The van der Waals surface area contributed by atoms with Gasteiger partial charge < -0.3 is 15.2 Å². The van der Waals surface area contributed by atoms with Gasteiger partial charge in [-0.15, -0.1) is 0 Å². The fourth-order valence-electron chi connectivity index (χ4n) is 3.81. The van der Waals surface area contributed by atoms with Crippen LogP contribution in [0.2, 0.25) is 0 Å². The predicted molar refractivity (Wildman–Crippen MR) is 109 cm³/mol.